The number of aromatic nitrogens is 4. The van der Waals surface area contributed by atoms with Crippen LogP contribution < -0.4 is 11.1 Å². The van der Waals surface area contributed by atoms with Crippen LogP contribution in [0.25, 0.3) is 0 Å². The summed E-state index contributed by atoms with van der Waals surface area (Å²) in [6, 6.07) is 0.143. The Morgan fingerprint density at radius 1 is 1.42 bits per heavy atom. The lowest BCUT2D eigenvalue weighted by Crippen LogP contribution is -2.14. The molecule has 2 aromatic heterocycles. The SMILES string of the molecule is Nc1nnc(SCC(=O)Nc2nnc(C3CC3)o2)s1. The van der Waals surface area contributed by atoms with Crippen LogP contribution in [0.15, 0.2) is 8.76 Å². The number of carbonyl (C=O) groups excluding carboxylic acids is 1. The number of nitrogens with two attached hydrogens (primary N) is 1. The molecule has 1 fully saturated rings. The lowest BCUT2D eigenvalue weighted by atomic mass is 10.4. The van der Waals surface area contributed by atoms with Crippen LogP contribution in [-0.2, 0) is 4.79 Å². The lowest BCUT2D eigenvalue weighted by molar-refractivity contribution is -0.113. The van der Waals surface area contributed by atoms with Gasteiger partial charge in [-0.1, -0.05) is 28.2 Å². The molecule has 0 atom stereocenters. The average Bonchev–Trinajstić information content (AvgIpc) is 3.00. The standard InChI is InChI=1S/C9H10N6O2S2/c10-7-13-15-9(19-7)18-3-5(16)11-8-14-12-6(17-8)4-1-2-4/h4H,1-3H2,(H2,10,13)(H,11,14,16). The quantitative estimate of drug-likeness (QED) is 0.788. The van der Waals surface area contributed by atoms with Crippen molar-refractivity contribution in [2.24, 2.45) is 0 Å². The molecule has 2 aromatic rings. The Hall–Kier alpha value is -1.68. The van der Waals surface area contributed by atoms with Crippen LogP contribution in [0.3, 0.4) is 0 Å². The second-order valence-electron chi connectivity index (χ2n) is 3.96. The molecule has 1 amide bonds. The fourth-order valence-electron chi connectivity index (χ4n) is 1.34. The van der Waals surface area contributed by atoms with Crippen LogP contribution >= 0.6 is 23.1 Å². The number of thioether (sulfide) groups is 1. The Morgan fingerprint density at radius 3 is 2.95 bits per heavy atom. The highest BCUT2D eigenvalue weighted by Crippen LogP contribution is 2.39. The molecular weight excluding hydrogens is 288 g/mol. The van der Waals surface area contributed by atoms with E-state index in [0.29, 0.717) is 21.3 Å². The van der Waals surface area contributed by atoms with E-state index in [0.717, 1.165) is 12.8 Å². The lowest BCUT2D eigenvalue weighted by Gasteiger charge is -1.97. The Morgan fingerprint density at radius 2 is 2.26 bits per heavy atom. The van der Waals surface area contributed by atoms with Crippen molar-refractivity contribution in [2.45, 2.75) is 23.1 Å². The van der Waals surface area contributed by atoms with Gasteiger partial charge in [-0.2, -0.15) is 0 Å². The Bertz CT molecular complexity index is 593. The summed E-state index contributed by atoms with van der Waals surface area (Å²) in [5.74, 6) is 0.928. The van der Waals surface area contributed by atoms with E-state index in [2.05, 4.69) is 25.7 Å². The molecule has 2 heterocycles. The smallest absolute Gasteiger partial charge is 0.322 e. The van der Waals surface area contributed by atoms with Gasteiger partial charge in [0.05, 0.1) is 5.75 Å². The van der Waals surface area contributed by atoms with Gasteiger partial charge in [-0.15, -0.1) is 15.3 Å². The third kappa shape index (κ3) is 3.20. The molecule has 0 saturated heterocycles. The second kappa shape index (κ2) is 5.13. The van der Waals surface area contributed by atoms with Crippen molar-refractivity contribution in [1.82, 2.24) is 20.4 Å². The molecule has 1 aliphatic carbocycles. The van der Waals surface area contributed by atoms with Crippen molar-refractivity contribution in [1.29, 1.82) is 0 Å². The molecule has 0 aliphatic heterocycles. The first kappa shape index (κ1) is 12.4. The van der Waals surface area contributed by atoms with Crippen molar-refractivity contribution in [3.8, 4) is 0 Å². The van der Waals surface area contributed by atoms with Gasteiger partial charge in [-0.05, 0) is 12.8 Å². The molecule has 0 bridgehead atoms. The number of carbonyl (C=O) groups is 1. The molecule has 1 saturated carbocycles. The molecule has 19 heavy (non-hydrogen) atoms. The van der Waals surface area contributed by atoms with E-state index in [1.165, 1.54) is 23.1 Å². The van der Waals surface area contributed by atoms with E-state index < -0.39 is 0 Å². The highest BCUT2D eigenvalue weighted by atomic mass is 32.2. The summed E-state index contributed by atoms with van der Waals surface area (Å²) in [7, 11) is 0. The predicted octanol–water partition coefficient (Wildman–Crippen LogP) is 1.11. The van der Waals surface area contributed by atoms with E-state index in [1.54, 1.807) is 0 Å². The van der Waals surface area contributed by atoms with Crippen molar-refractivity contribution in [3.05, 3.63) is 5.89 Å². The van der Waals surface area contributed by atoms with Gasteiger partial charge in [0.1, 0.15) is 0 Å². The van der Waals surface area contributed by atoms with Crippen LogP contribution in [0, 0.1) is 0 Å². The van der Waals surface area contributed by atoms with Crippen molar-refractivity contribution >= 4 is 40.2 Å². The number of hydrogen-bond donors (Lipinski definition) is 2. The minimum Gasteiger partial charge on any atom is -0.408 e. The highest BCUT2D eigenvalue weighted by Gasteiger charge is 2.29. The first-order valence-corrected chi connectivity index (χ1v) is 7.36. The highest BCUT2D eigenvalue weighted by molar-refractivity contribution is 8.01. The summed E-state index contributed by atoms with van der Waals surface area (Å²) in [6.45, 7) is 0. The fraction of sp³-hybridized carbons (Fsp3) is 0.444. The van der Waals surface area contributed by atoms with Crippen LogP contribution in [0.2, 0.25) is 0 Å². The Labute approximate surface area is 116 Å². The maximum absolute atomic E-state index is 11.7. The third-order valence-corrected chi connectivity index (χ3v) is 4.25. The largest absolute Gasteiger partial charge is 0.408 e. The maximum Gasteiger partial charge on any atom is 0.322 e. The zero-order valence-electron chi connectivity index (χ0n) is 9.70. The molecule has 0 radical (unpaired) electrons. The Kier molecular flexibility index (Phi) is 3.34. The molecule has 0 spiro atoms. The zero-order valence-corrected chi connectivity index (χ0v) is 11.3. The summed E-state index contributed by atoms with van der Waals surface area (Å²) >= 11 is 2.50. The molecule has 0 unspecified atom stereocenters. The first-order valence-electron chi connectivity index (χ1n) is 5.56. The van der Waals surface area contributed by atoms with Crippen molar-refractivity contribution in [3.63, 3.8) is 0 Å². The maximum atomic E-state index is 11.7. The number of anilines is 2. The summed E-state index contributed by atoms with van der Waals surface area (Å²) in [5.41, 5.74) is 5.44. The van der Waals surface area contributed by atoms with E-state index >= 15 is 0 Å². The fourth-order valence-corrected chi connectivity index (χ4v) is 2.78. The van der Waals surface area contributed by atoms with Crippen LogP contribution in [0.5, 0.6) is 0 Å². The van der Waals surface area contributed by atoms with Gasteiger partial charge in [0.15, 0.2) is 4.34 Å². The minimum absolute atomic E-state index is 0.143. The zero-order chi connectivity index (χ0) is 13.2. The van der Waals surface area contributed by atoms with Gasteiger partial charge in [0.2, 0.25) is 16.9 Å². The number of hydrogen-bond acceptors (Lipinski definition) is 9. The number of nitrogen functional groups attached to an aromatic ring is 1. The van der Waals surface area contributed by atoms with Gasteiger partial charge in [0, 0.05) is 5.92 Å². The van der Waals surface area contributed by atoms with E-state index in [9.17, 15) is 4.79 Å². The number of nitrogens with zero attached hydrogens (tertiary/aromatic N) is 4. The molecule has 10 heteroatoms. The molecule has 8 nitrogen and oxygen atoms in total. The minimum atomic E-state index is -0.232. The third-order valence-electron chi connectivity index (χ3n) is 2.36. The van der Waals surface area contributed by atoms with Gasteiger partial charge < -0.3 is 10.2 Å². The van der Waals surface area contributed by atoms with Gasteiger partial charge >= 0.3 is 6.01 Å². The van der Waals surface area contributed by atoms with E-state index in [1.807, 2.05) is 0 Å². The van der Waals surface area contributed by atoms with Crippen molar-refractivity contribution in [2.75, 3.05) is 16.8 Å². The second-order valence-corrected chi connectivity index (χ2v) is 6.19. The normalized spacial score (nSPS) is 14.5. The number of nitrogens with one attached hydrogen (secondary N) is 1. The topological polar surface area (TPSA) is 120 Å². The summed E-state index contributed by atoms with van der Waals surface area (Å²) in [5, 5.41) is 18.0. The molecule has 3 rings (SSSR count). The molecular formula is C9H10N6O2S2. The number of rotatable bonds is 5. The monoisotopic (exact) mass is 298 g/mol. The first-order chi connectivity index (χ1) is 9.20. The van der Waals surface area contributed by atoms with Crippen LogP contribution in [-0.4, -0.2) is 32.1 Å². The summed E-state index contributed by atoms with van der Waals surface area (Å²) in [6.07, 6.45) is 2.15. The van der Waals surface area contributed by atoms with Gasteiger partial charge in [-0.25, -0.2) is 0 Å². The molecule has 1 aliphatic rings. The molecule has 100 valence electrons. The van der Waals surface area contributed by atoms with E-state index in [4.69, 9.17) is 10.2 Å². The van der Waals surface area contributed by atoms with Gasteiger partial charge in [0.25, 0.3) is 0 Å². The summed E-state index contributed by atoms with van der Waals surface area (Å²) < 4.78 is 5.98. The van der Waals surface area contributed by atoms with E-state index in [-0.39, 0.29) is 17.7 Å². The van der Waals surface area contributed by atoms with Crippen molar-refractivity contribution < 1.29 is 9.21 Å². The summed E-state index contributed by atoms with van der Waals surface area (Å²) in [4.78, 5) is 11.7. The Balaban J connectivity index is 1.49. The van der Waals surface area contributed by atoms with Crippen LogP contribution in [0.1, 0.15) is 24.7 Å². The average molecular weight is 298 g/mol. The predicted molar refractivity (Wildman–Crippen MR) is 69.9 cm³/mol. The van der Waals surface area contributed by atoms with Crippen LogP contribution in [0.4, 0.5) is 11.1 Å². The number of amides is 1. The molecule has 3 N–H and O–H groups in total. The van der Waals surface area contributed by atoms with Gasteiger partial charge in [-0.3, -0.25) is 10.1 Å². The molecule has 0 aromatic carbocycles.